The van der Waals surface area contributed by atoms with Gasteiger partial charge in [-0.15, -0.1) is 0 Å². The van der Waals surface area contributed by atoms with E-state index < -0.39 is 14.1 Å². The molecule has 1 heterocycles. The monoisotopic (exact) mass is 322 g/mol. The first kappa shape index (κ1) is 15.8. The average molecular weight is 322 g/mol. The first-order chi connectivity index (χ1) is 11.2. The van der Waals surface area contributed by atoms with Crippen molar-refractivity contribution in [1.82, 2.24) is 0 Å². The molecule has 23 heavy (non-hydrogen) atoms. The van der Waals surface area contributed by atoms with Crippen molar-refractivity contribution in [3.05, 3.63) is 59.7 Å². The van der Waals surface area contributed by atoms with Gasteiger partial charge in [-0.3, -0.25) is 0 Å². The second-order valence-corrected chi connectivity index (χ2v) is 9.24. The number of hydrogen-bond acceptors (Lipinski definition) is 4. The van der Waals surface area contributed by atoms with E-state index in [0.29, 0.717) is 0 Å². The molecule has 0 aliphatic carbocycles. The first-order valence-corrected chi connectivity index (χ1v) is 9.98. The number of para-hydroxylation sites is 2. The van der Waals surface area contributed by atoms with Crippen molar-refractivity contribution in [3.8, 4) is 11.5 Å². The molecule has 2 aromatic carbocycles. The van der Waals surface area contributed by atoms with Crippen molar-refractivity contribution in [3.63, 3.8) is 0 Å². The molecule has 2 atom stereocenters. The van der Waals surface area contributed by atoms with Crippen LogP contribution in [0.3, 0.4) is 0 Å². The molecule has 2 aromatic rings. The number of rotatable bonds is 5. The van der Waals surface area contributed by atoms with Gasteiger partial charge in [-0.25, -0.2) is 0 Å². The lowest BCUT2D eigenvalue weighted by molar-refractivity contribution is 0.474. The Morgan fingerprint density at radius 3 is 1.70 bits per heavy atom. The minimum absolute atomic E-state index is 0.251. The number of hydrogen-bond donors (Lipinski definition) is 2. The molecule has 3 rings (SSSR count). The van der Waals surface area contributed by atoms with Crippen LogP contribution in [0.1, 0.15) is 18.1 Å². The third kappa shape index (κ3) is 3.64. The maximum atomic E-state index is 9.78. The van der Waals surface area contributed by atoms with Crippen LogP contribution in [0.2, 0.25) is 5.28 Å². The molecule has 1 aliphatic heterocycles. The molecule has 1 aliphatic rings. The van der Waals surface area contributed by atoms with Crippen molar-refractivity contribution < 1.29 is 10.2 Å². The van der Waals surface area contributed by atoms with Gasteiger partial charge in [-0.1, -0.05) is 36.5 Å². The first-order valence-electron chi connectivity index (χ1n) is 7.83. The van der Waals surface area contributed by atoms with Gasteiger partial charge in [-0.2, -0.15) is 0 Å². The Hall–Kier alpha value is -2.09. The van der Waals surface area contributed by atoms with Crippen molar-refractivity contribution in [2.75, 3.05) is 0 Å². The molecule has 1 fully saturated rings. The summed E-state index contributed by atoms with van der Waals surface area (Å²) in [6.07, 6.45) is 3.51. The van der Waals surface area contributed by atoms with Crippen molar-refractivity contribution in [2.45, 2.75) is 22.0 Å². The molecule has 1 saturated heterocycles. The molecular weight excluding hydrogens is 303 g/mol. The van der Waals surface area contributed by atoms with Crippen molar-refractivity contribution >= 4 is 26.6 Å². The van der Waals surface area contributed by atoms with Crippen LogP contribution < -0.4 is 0 Å². The summed E-state index contributed by atoms with van der Waals surface area (Å²) in [5.41, 5.74) is 1.48. The summed E-state index contributed by atoms with van der Waals surface area (Å²) >= 11 is -1.00. The topological polar surface area (TPSA) is 65.2 Å². The fraction of sp³-hybridized carbons (Fsp3) is 0.222. The standard InChI is InChI=1S/C16H14N2O2.C2H5.Al/c19-15-7-3-1-5-13(15)11-17-9-10-18-12-14-6-2-4-8-16(14)20;1-2;/h1-12,19-20H;1H2,2H3;. The second-order valence-electron chi connectivity index (χ2n) is 5.73. The smallest absolute Gasteiger partial charge is 0.336 e. The van der Waals surface area contributed by atoms with Gasteiger partial charge in [-0.05, 0) is 24.3 Å². The van der Waals surface area contributed by atoms with Gasteiger partial charge in [0.05, 0.1) is 0 Å². The lowest BCUT2D eigenvalue weighted by Gasteiger charge is -1.98. The van der Waals surface area contributed by atoms with Gasteiger partial charge in [0.15, 0.2) is 0 Å². The van der Waals surface area contributed by atoms with E-state index in [-0.39, 0.29) is 21.3 Å². The molecule has 2 unspecified atom stereocenters. The number of nitrogens with zero attached hydrogens (tertiary/aromatic N) is 2. The van der Waals surface area contributed by atoms with Crippen molar-refractivity contribution in [1.29, 1.82) is 0 Å². The highest BCUT2D eigenvalue weighted by molar-refractivity contribution is 6.74. The van der Waals surface area contributed by atoms with Crippen LogP contribution in [0.15, 0.2) is 58.5 Å². The average Bonchev–Trinajstić information content (AvgIpc) is 3.25. The van der Waals surface area contributed by atoms with E-state index in [4.69, 9.17) is 0 Å². The number of aliphatic imine (C=N–C) groups is 2. The summed E-state index contributed by atoms with van der Waals surface area (Å²) in [7, 11) is 0. The maximum Gasteiger partial charge on any atom is 0.336 e. The number of benzene rings is 2. The van der Waals surface area contributed by atoms with Crippen molar-refractivity contribution in [2.24, 2.45) is 9.98 Å². The Bertz CT molecular complexity index is 684. The molecule has 0 saturated carbocycles. The Morgan fingerprint density at radius 1 is 0.870 bits per heavy atom. The van der Waals surface area contributed by atoms with Crippen LogP contribution >= 0.6 is 0 Å². The lowest BCUT2D eigenvalue weighted by atomic mass is 10.2. The number of phenolic OH excluding ortho intramolecular Hbond substituents is 2. The molecule has 116 valence electrons. The van der Waals surface area contributed by atoms with Crippen LogP contribution in [0.25, 0.3) is 0 Å². The fourth-order valence-corrected chi connectivity index (χ4v) is 5.67. The molecule has 0 amide bonds. The van der Waals surface area contributed by atoms with Crippen LogP contribution in [-0.4, -0.2) is 46.6 Å². The quantitative estimate of drug-likeness (QED) is 0.656. The molecule has 2 N–H and O–H groups in total. The minimum Gasteiger partial charge on any atom is -0.507 e. The molecule has 0 radical (unpaired) electrons. The van der Waals surface area contributed by atoms with Gasteiger partial charge < -0.3 is 20.2 Å². The lowest BCUT2D eigenvalue weighted by Crippen LogP contribution is -1.94. The summed E-state index contributed by atoms with van der Waals surface area (Å²) in [5, 5.41) is 20.7. The van der Waals surface area contributed by atoms with E-state index in [1.54, 1.807) is 36.7 Å². The molecule has 4 nitrogen and oxygen atoms in total. The highest BCUT2D eigenvalue weighted by Crippen LogP contribution is 2.32. The maximum absolute atomic E-state index is 9.78. The van der Waals surface area contributed by atoms with E-state index in [9.17, 15) is 10.2 Å². The molecular formula is C18H19AlN2O2. The predicted octanol–water partition coefficient (Wildman–Crippen LogP) is 2.98. The van der Waals surface area contributed by atoms with Gasteiger partial charge in [0.1, 0.15) is 11.5 Å². The Morgan fingerprint density at radius 2 is 1.30 bits per heavy atom. The Kier molecular flexibility index (Phi) is 4.80. The molecule has 0 bridgehead atoms. The van der Waals surface area contributed by atoms with Crippen LogP contribution in [0.4, 0.5) is 0 Å². The molecule has 0 aromatic heterocycles. The Labute approximate surface area is 140 Å². The zero-order valence-corrected chi connectivity index (χ0v) is 14.2. The summed E-state index contributed by atoms with van der Waals surface area (Å²) < 4.78 is 0. The fourth-order valence-electron chi connectivity index (χ4n) is 2.74. The zero-order chi connectivity index (χ0) is 16.2. The van der Waals surface area contributed by atoms with Gasteiger partial charge >= 0.3 is 14.1 Å². The molecule has 5 heteroatoms. The van der Waals surface area contributed by atoms with Gasteiger partial charge in [0.25, 0.3) is 0 Å². The zero-order valence-electron chi connectivity index (χ0n) is 13.0. The summed E-state index contributed by atoms with van der Waals surface area (Å²) in [6, 6.07) is 14.4. The summed E-state index contributed by atoms with van der Waals surface area (Å²) in [5.74, 6) is 0.502. The SMILES string of the molecule is C[CH2][Al]1[CH](N=Cc2ccccc2O)[CH]1N=Cc1ccccc1O. The van der Waals surface area contributed by atoms with E-state index in [0.717, 1.165) is 16.4 Å². The van der Waals surface area contributed by atoms with Crippen LogP contribution in [0, 0.1) is 0 Å². The number of phenols is 2. The third-order valence-corrected chi connectivity index (χ3v) is 7.53. The van der Waals surface area contributed by atoms with E-state index in [1.807, 2.05) is 24.3 Å². The highest BCUT2D eigenvalue weighted by atomic mass is 27.2. The van der Waals surface area contributed by atoms with Crippen LogP contribution in [-0.2, 0) is 0 Å². The van der Waals surface area contributed by atoms with Crippen LogP contribution in [0.5, 0.6) is 11.5 Å². The summed E-state index contributed by atoms with van der Waals surface area (Å²) in [6.45, 7) is 2.19. The third-order valence-electron chi connectivity index (χ3n) is 4.20. The van der Waals surface area contributed by atoms with Gasteiger partial charge in [0.2, 0.25) is 0 Å². The van der Waals surface area contributed by atoms with Gasteiger partial charge in [0, 0.05) is 33.4 Å². The second kappa shape index (κ2) is 6.99. The van der Waals surface area contributed by atoms with E-state index >= 15 is 0 Å². The molecule has 0 spiro atoms. The summed E-state index contributed by atoms with van der Waals surface area (Å²) in [4.78, 5) is 9.83. The van der Waals surface area contributed by atoms with E-state index in [1.165, 1.54) is 0 Å². The highest BCUT2D eigenvalue weighted by Gasteiger charge is 2.54. The largest absolute Gasteiger partial charge is 0.507 e. The van der Waals surface area contributed by atoms with E-state index in [2.05, 4.69) is 16.9 Å². The number of aromatic hydroxyl groups is 2. The normalized spacial score (nSPS) is 20.5. The Balaban J connectivity index is 1.70. The minimum atomic E-state index is -1.00. The predicted molar refractivity (Wildman–Crippen MR) is 95.2 cm³/mol.